The molecular weight excluding hydrogens is 340 g/mol. The second-order valence-electron chi connectivity index (χ2n) is 4.65. The van der Waals surface area contributed by atoms with E-state index < -0.39 is 12.5 Å². The Hall–Kier alpha value is -1.46. The van der Waals surface area contributed by atoms with Gasteiger partial charge in [0.2, 0.25) is 0 Å². The molecule has 0 fully saturated rings. The molecule has 0 bridgehead atoms. The molecule has 0 spiro atoms. The Bertz CT molecular complexity index is 590. The molecule has 0 saturated carbocycles. The van der Waals surface area contributed by atoms with Gasteiger partial charge in [-0.25, -0.2) is 0 Å². The van der Waals surface area contributed by atoms with E-state index in [9.17, 15) is 8.78 Å². The van der Waals surface area contributed by atoms with Crippen LogP contribution in [0, 0.1) is 0 Å². The van der Waals surface area contributed by atoms with Gasteiger partial charge in [0.1, 0.15) is 5.75 Å². The molecule has 2 aromatic rings. The molecule has 0 unspecified atom stereocenters. The summed E-state index contributed by atoms with van der Waals surface area (Å²) in [4.78, 5) is 0. The molecule has 2 aromatic carbocycles. The van der Waals surface area contributed by atoms with Gasteiger partial charge in [-0.2, -0.15) is 8.78 Å². The molecule has 112 valence electrons. The van der Waals surface area contributed by atoms with Crippen molar-refractivity contribution in [3.05, 3.63) is 64.1 Å². The number of nitrogens with one attached hydrogen (secondary N) is 1. The summed E-state index contributed by atoms with van der Waals surface area (Å²) < 4.78 is 34.0. The highest BCUT2D eigenvalue weighted by atomic mass is 79.9. The van der Waals surface area contributed by atoms with Crippen molar-refractivity contribution in [2.45, 2.75) is 12.5 Å². The second kappa shape index (κ2) is 7.00. The fraction of sp³-hybridized carbons (Fsp3) is 0.250. The SMILES string of the molecule is CNCc1ccc(OCC(F)(F)c2ccccc2)c(Br)c1. The highest BCUT2D eigenvalue weighted by Gasteiger charge is 2.32. The maximum atomic E-state index is 14.0. The first kappa shape index (κ1) is 15.9. The first-order valence-electron chi connectivity index (χ1n) is 6.52. The van der Waals surface area contributed by atoms with Crippen molar-refractivity contribution >= 4 is 15.9 Å². The minimum absolute atomic E-state index is 0.0482. The van der Waals surface area contributed by atoms with Crippen LogP contribution < -0.4 is 10.1 Å². The number of ether oxygens (including phenoxy) is 1. The van der Waals surface area contributed by atoms with Crippen LogP contribution in [0.4, 0.5) is 8.78 Å². The molecule has 0 aliphatic rings. The lowest BCUT2D eigenvalue weighted by Gasteiger charge is -2.18. The van der Waals surface area contributed by atoms with Crippen LogP contribution in [0.1, 0.15) is 11.1 Å². The maximum Gasteiger partial charge on any atom is 0.306 e. The lowest BCUT2D eigenvalue weighted by atomic mass is 10.1. The molecule has 21 heavy (non-hydrogen) atoms. The van der Waals surface area contributed by atoms with E-state index in [0.29, 0.717) is 16.8 Å². The summed E-state index contributed by atoms with van der Waals surface area (Å²) in [6, 6.07) is 13.1. The molecule has 2 rings (SSSR count). The van der Waals surface area contributed by atoms with Crippen LogP contribution in [0.2, 0.25) is 0 Å². The summed E-state index contributed by atoms with van der Waals surface area (Å²) in [5.41, 5.74) is 1.000. The standard InChI is InChI=1S/C16H16BrF2NO/c1-20-10-12-7-8-15(14(17)9-12)21-11-16(18,19)13-5-3-2-4-6-13/h2-9,20H,10-11H2,1H3. The lowest BCUT2D eigenvalue weighted by molar-refractivity contribution is -0.0469. The zero-order chi connectivity index (χ0) is 15.3. The average molecular weight is 356 g/mol. The largest absolute Gasteiger partial charge is 0.486 e. The smallest absolute Gasteiger partial charge is 0.306 e. The number of halogens is 3. The Kier molecular flexibility index (Phi) is 5.31. The predicted octanol–water partition coefficient (Wildman–Crippen LogP) is 4.34. The Labute approximate surface area is 131 Å². The van der Waals surface area contributed by atoms with Crippen LogP contribution in [0.25, 0.3) is 0 Å². The molecule has 0 heterocycles. The monoisotopic (exact) mass is 355 g/mol. The van der Waals surface area contributed by atoms with Crippen LogP contribution in [0.3, 0.4) is 0 Å². The fourth-order valence-electron chi connectivity index (χ4n) is 1.91. The number of rotatable bonds is 6. The first-order valence-corrected chi connectivity index (χ1v) is 7.31. The molecule has 5 heteroatoms. The van der Waals surface area contributed by atoms with Crippen LogP contribution in [0.15, 0.2) is 53.0 Å². The van der Waals surface area contributed by atoms with Crippen molar-refractivity contribution < 1.29 is 13.5 Å². The van der Waals surface area contributed by atoms with Crippen molar-refractivity contribution in [3.63, 3.8) is 0 Å². The third-order valence-electron chi connectivity index (χ3n) is 2.98. The number of alkyl halides is 2. The lowest BCUT2D eigenvalue weighted by Crippen LogP contribution is -2.23. The molecule has 0 saturated heterocycles. The van der Waals surface area contributed by atoms with Crippen LogP contribution in [-0.2, 0) is 12.5 Å². The van der Waals surface area contributed by atoms with Crippen molar-refractivity contribution in [3.8, 4) is 5.75 Å². The van der Waals surface area contributed by atoms with Gasteiger partial charge in [0.05, 0.1) is 4.47 Å². The molecule has 0 aromatic heterocycles. The Balaban J connectivity index is 2.06. The van der Waals surface area contributed by atoms with Crippen LogP contribution in [-0.4, -0.2) is 13.7 Å². The topological polar surface area (TPSA) is 21.3 Å². The van der Waals surface area contributed by atoms with E-state index in [1.807, 2.05) is 19.2 Å². The second-order valence-corrected chi connectivity index (χ2v) is 5.51. The normalized spacial score (nSPS) is 11.4. The third-order valence-corrected chi connectivity index (χ3v) is 3.60. The zero-order valence-corrected chi connectivity index (χ0v) is 13.2. The van der Waals surface area contributed by atoms with Gasteiger partial charge >= 0.3 is 5.92 Å². The van der Waals surface area contributed by atoms with Gasteiger partial charge in [-0.05, 0) is 40.7 Å². The van der Waals surface area contributed by atoms with Crippen molar-refractivity contribution in [1.82, 2.24) is 5.32 Å². The molecule has 1 N–H and O–H groups in total. The van der Waals surface area contributed by atoms with Crippen LogP contribution >= 0.6 is 15.9 Å². The Morgan fingerprint density at radius 1 is 1.14 bits per heavy atom. The Morgan fingerprint density at radius 2 is 1.86 bits per heavy atom. The van der Waals surface area contributed by atoms with Gasteiger partial charge in [-0.1, -0.05) is 36.4 Å². The molecule has 0 aliphatic carbocycles. The summed E-state index contributed by atoms with van der Waals surface area (Å²) >= 11 is 3.34. The van der Waals surface area contributed by atoms with Crippen molar-refractivity contribution in [2.24, 2.45) is 0 Å². The predicted molar refractivity (Wildman–Crippen MR) is 82.7 cm³/mol. The van der Waals surface area contributed by atoms with E-state index in [1.165, 1.54) is 12.1 Å². The van der Waals surface area contributed by atoms with Gasteiger partial charge in [0.25, 0.3) is 0 Å². The Morgan fingerprint density at radius 3 is 2.48 bits per heavy atom. The molecule has 0 amide bonds. The van der Waals surface area contributed by atoms with Crippen molar-refractivity contribution in [1.29, 1.82) is 0 Å². The minimum Gasteiger partial charge on any atom is -0.486 e. The third kappa shape index (κ3) is 4.25. The summed E-state index contributed by atoms with van der Waals surface area (Å²) in [5.74, 6) is -2.62. The van der Waals surface area contributed by atoms with Gasteiger partial charge < -0.3 is 10.1 Å². The van der Waals surface area contributed by atoms with Gasteiger partial charge in [0.15, 0.2) is 6.61 Å². The fourth-order valence-corrected chi connectivity index (χ4v) is 2.45. The molecular formula is C16H16BrF2NO. The van der Waals surface area contributed by atoms with Crippen LogP contribution in [0.5, 0.6) is 5.75 Å². The number of hydrogen-bond donors (Lipinski definition) is 1. The molecule has 0 radical (unpaired) electrons. The quantitative estimate of drug-likeness (QED) is 0.832. The minimum atomic E-state index is -3.02. The summed E-state index contributed by atoms with van der Waals surface area (Å²) in [7, 11) is 1.85. The summed E-state index contributed by atoms with van der Waals surface area (Å²) in [6.45, 7) is 0.0139. The summed E-state index contributed by atoms with van der Waals surface area (Å²) in [5, 5.41) is 3.03. The number of benzene rings is 2. The van der Waals surface area contributed by atoms with E-state index in [0.717, 1.165) is 5.56 Å². The van der Waals surface area contributed by atoms with Gasteiger partial charge in [0, 0.05) is 12.1 Å². The molecule has 2 nitrogen and oxygen atoms in total. The van der Waals surface area contributed by atoms with Gasteiger partial charge in [-0.3, -0.25) is 0 Å². The van der Waals surface area contributed by atoms with Crippen molar-refractivity contribution in [2.75, 3.05) is 13.7 Å². The number of hydrogen-bond acceptors (Lipinski definition) is 2. The van der Waals surface area contributed by atoms with E-state index >= 15 is 0 Å². The van der Waals surface area contributed by atoms with E-state index in [2.05, 4.69) is 21.2 Å². The average Bonchev–Trinajstić information content (AvgIpc) is 2.48. The zero-order valence-electron chi connectivity index (χ0n) is 11.6. The highest BCUT2D eigenvalue weighted by Crippen LogP contribution is 2.31. The maximum absolute atomic E-state index is 14.0. The first-order chi connectivity index (χ1) is 10.0. The molecule has 0 aliphatic heterocycles. The van der Waals surface area contributed by atoms with E-state index in [1.54, 1.807) is 24.3 Å². The summed E-state index contributed by atoms with van der Waals surface area (Å²) in [6.07, 6.45) is 0. The highest BCUT2D eigenvalue weighted by molar-refractivity contribution is 9.10. The van der Waals surface area contributed by atoms with Gasteiger partial charge in [-0.15, -0.1) is 0 Å². The van der Waals surface area contributed by atoms with E-state index in [-0.39, 0.29) is 5.56 Å². The molecule has 0 atom stereocenters. The van der Waals surface area contributed by atoms with E-state index in [4.69, 9.17) is 4.74 Å².